The molecule has 1 atom stereocenters. The fourth-order valence-corrected chi connectivity index (χ4v) is 4.51. The first-order valence-electron chi connectivity index (χ1n) is 14.4. The highest BCUT2D eigenvalue weighted by Gasteiger charge is 2.37. The van der Waals surface area contributed by atoms with Gasteiger partial charge in [0.15, 0.2) is 11.1 Å². The van der Waals surface area contributed by atoms with Gasteiger partial charge in [-0.15, -0.1) is 0 Å². The predicted molar refractivity (Wildman–Crippen MR) is 159 cm³/mol. The largest absolute Gasteiger partial charge is 0.444 e. The van der Waals surface area contributed by atoms with Gasteiger partial charge < -0.3 is 25.4 Å². The number of carbonyl (C=O) groups is 3. The van der Waals surface area contributed by atoms with Gasteiger partial charge in [-0.05, 0) is 76.4 Å². The zero-order chi connectivity index (χ0) is 35.3. The number of carbonyl (C=O) groups excluding carboxylic acids is 3. The average molecular weight is 698 g/mol. The lowest BCUT2D eigenvalue weighted by Gasteiger charge is -2.19. The minimum atomic E-state index is -5.08. The number of amides is 3. The number of rotatable bonds is 16. The highest BCUT2D eigenvalue weighted by atomic mass is 32.2. The summed E-state index contributed by atoms with van der Waals surface area (Å²) < 4.78 is 106. The van der Waals surface area contributed by atoms with Crippen LogP contribution in [0, 0.1) is 0 Å². The third-order valence-electron chi connectivity index (χ3n) is 5.90. The summed E-state index contributed by atoms with van der Waals surface area (Å²) in [6.07, 6.45) is -8.54. The van der Waals surface area contributed by atoms with Crippen LogP contribution in [-0.2, 0) is 37.1 Å². The second-order valence-corrected chi connectivity index (χ2v) is 12.2. The van der Waals surface area contributed by atoms with Crippen molar-refractivity contribution >= 4 is 29.0 Å². The maximum absolute atomic E-state index is 13.0. The standard InChI is InChI=1S/C30H37F6N3O7S/c1-28(2,3)46-27(42)39-11-6-4-5-10-37-25(40)20-8-7-9-24(18-20)47(43)45-15-14-44-13-12-38-26(41)21-16-22(29(31,32)33)19-23(17-21)30(34,35)36/h7-9,16-19H,4-6,10-15H2,1-3H3,(H,37,40)(H,38,41)(H,39,42). The molecule has 0 heterocycles. The molecular weight excluding hydrogens is 660 g/mol. The smallest absolute Gasteiger partial charge is 0.416 e. The summed E-state index contributed by atoms with van der Waals surface area (Å²) in [4.78, 5) is 36.5. The van der Waals surface area contributed by atoms with Crippen molar-refractivity contribution in [1.29, 1.82) is 0 Å². The summed E-state index contributed by atoms with van der Waals surface area (Å²) in [6, 6.07) is 6.56. The average Bonchev–Trinajstić information content (AvgIpc) is 2.97. The van der Waals surface area contributed by atoms with E-state index in [-0.39, 0.29) is 48.8 Å². The Bertz CT molecular complexity index is 1350. The SMILES string of the molecule is CC(C)(C)OC(=O)NCCCCCNC(=O)c1cccc(S(=O)OCCOCCNC(=O)c2cc(C(F)(F)F)cc(C(F)(F)F)c2)c1. The van der Waals surface area contributed by atoms with Crippen molar-refractivity contribution in [2.45, 2.75) is 62.9 Å². The van der Waals surface area contributed by atoms with Gasteiger partial charge in [0.25, 0.3) is 11.8 Å². The lowest BCUT2D eigenvalue weighted by Crippen LogP contribution is -2.33. The van der Waals surface area contributed by atoms with E-state index in [9.17, 15) is 44.9 Å². The number of benzene rings is 2. The summed E-state index contributed by atoms with van der Waals surface area (Å²) in [5.74, 6) is -1.53. The number of unbranched alkanes of at least 4 members (excludes halogenated alkanes) is 2. The molecule has 1 unspecified atom stereocenters. The molecule has 0 fully saturated rings. The quantitative estimate of drug-likeness (QED) is 0.153. The van der Waals surface area contributed by atoms with Crippen LogP contribution < -0.4 is 16.0 Å². The Morgan fingerprint density at radius 2 is 1.28 bits per heavy atom. The second kappa shape index (κ2) is 18.0. The molecule has 0 spiro atoms. The summed E-state index contributed by atoms with van der Waals surface area (Å²) in [5, 5.41) is 7.60. The van der Waals surface area contributed by atoms with Gasteiger partial charge in [-0.1, -0.05) is 6.07 Å². The van der Waals surface area contributed by atoms with Crippen molar-refractivity contribution in [2.75, 3.05) is 39.5 Å². The number of alkyl halides is 6. The maximum Gasteiger partial charge on any atom is 0.416 e. The van der Waals surface area contributed by atoms with Crippen molar-refractivity contribution in [3.63, 3.8) is 0 Å². The van der Waals surface area contributed by atoms with Crippen LogP contribution in [0.1, 0.15) is 71.9 Å². The zero-order valence-corrected chi connectivity index (χ0v) is 26.8. The van der Waals surface area contributed by atoms with Crippen molar-refractivity contribution < 1.29 is 58.6 Å². The van der Waals surface area contributed by atoms with E-state index >= 15 is 0 Å². The number of halogens is 6. The summed E-state index contributed by atoms with van der Waals surface area (Å²) in [6.45, 7) is 5.48. The van der Waals surface area contributed by atoms with Crippen LogP contribution in [0.5, 0.6) is 0 Å². The fourth-order valence-electron chi connectivity index (χ4n) is 3.74. The van der Waals surface area contributed by atoms with E-state index in [4.69, 9.17) is 13.7 Å². The first kappa shape index (κ1) is 39.5. The molecule has 2 aromatic rings. The lowest BCUT2D eigenvalue weighted by atomic mass is 10.0. The third-order valence-corrected chi connectivity index (χ3v) is 6.92. The molecule has 2 aromatic carbocycles. The van der Waals surface area contributed by atoms with Crippen LogP contribution in [-0.4, -0.2) is 67.2 Å². The molecule has 0 aliphatic carbocycles. The van der Waals surface area contributed by atoms with Crippen molar-refractivity contribution in [3.05, 3.63) is 64.7 Å². The molecule has 3 amide bonds. The fraction of sp³-hybridized carbons (Fsp3) is 0.500. The highest BCUT2D eigenvalue weighted by Crippen LogP contribution is 2.36. The molecule has 0 bridgehead atoms. The first-order chi connectivity index (χ1) is 21.9. The topological polar surface area (TPSA) is 132 Å². The Kier molecular flexibility index (Phi) is 15.1. The molecule has 17 heteroatoms. The van der Waals surface area contributed by atoms with Gasteiger partial charge in [0, 0.05) is 30.8 Å². The van der Waals surface area contributed by atoms with E-state index in [1.54, 1.807) is 26.8 Å². The van der Waals surface area contributed by atoms with Crippen LogP contribution >= 0.6 is 0 Å². The van der Waals surface area contributed by atoms with Crippen molar-refractivity contribution in [2.24, 2.45) is 0 Å². The van der Waals surface area contributed by atoms with E-state index in [2.05, 4.69) is 16.0 Å². The zero-order valence-electron chi connectivity index (χ0n) is 25.9. The van der Waals surface area contributed by atoms with Crippen LogP contribution in [0.25, 0.3) is 0 Å². The Labute approximate surface area is 270 Å². The van der Waals surface area contributed by atoms with E-state index in [0.29, 0.717) is 38.1 Å². The number of hydrogen-bond donors (Lipinski definition) is 3. The molecule has 0 aromatic heterocycles. The molecular formula is C30H37F6N3O7S. The molecule has 0 saturated heterocycles. The number of nitrogens with one attached hydrogen (secondary N) is 3. The maximum atomic E-state index is 13.0. The minimum absolute atomic E-state index is 0.0740. The molecule has 10 nitrogen and oxygen atoms in total. The molecule has 0 radical (unpaired) electrons. The first-order valence-corrected chi connectivity index (χ1v) is 15.5. The molecule has 262 valence electrons. The van der Waals surface area contributed by atoms with E-state index in [1.807, 2.05) is 0 Å². The van der Waals surface area contributed by atoms with Crippen LogP contribution in [0.2, 0.25) is 0 Å². The highest BCUT2D eigenvalue weighted by molar-refractivity contribution is 7.80. The number of ether oxygens (including phenoxy) is 2. The van der Waals surface area contributed by atoms with E-state index in [1.165, 1.54) is 18.2 Å². The second-order valence-electron chi connectivity index (χ2n) is 11.0. The molecule has 0 aliphatic heterocycles. The van der Waals surface area contributed by atoms with Crippen LogP contribution in [0.3, 0.4) is 0 Å². The number of alkyl carbamates (subject to hydrolysis) is 1. The van der Waals surface area contributed by atoms with Gasteiger partial charge in [0.05, 0.1) is 35.8 Å². The van der Waals surface area contributed by atoms with Gasteiger partial charge >= 0.3 is 18.4 Å². The van der Waals surface area contributed by atoms with Gasteiger partial charge in [-0.3, -0.25) is 13.8 Å². The normalized spacial score (nSPS) is 12.7. The van der Waals surface area contributed by atoms with E-state index in [0.717, 1.165) is 6.42 Å². The van der Waals surface area contributed by atoms with Crippen molar-refractivity contribution in [3.8, 4) is 0 Å². The molecule has 2 rings (SSSR count). The Morgan fingerprint density at radius 3 is 1.87 bits per heavy atom. The summed E-state index contributed by atoms with van der Waals surface area (Å²) in [5.41, 5.74) is -4.34. The Morgan fingerprint density at radius 1 is 0.702 bits per heavy atom. The van der Waals surface area contributed by atoms with Gasteiger partial charge in [0.2, 0.25) is 0 Å². The van der Waals surface area contributed by atoms with Crippen LogP contribution in [0.15, 0.2) is 47.4 Å². The van der Waals surface area contributed by atoms with E-state index < -0.39 is 57.7 Å². The van der Waals surface area contributed by atoms with Gasteiger partial charge in [-0.25, -0.2) is 9.00 Å². The predicted octanol–water partition coefficient (Wildman–Crippen LogP) is 5.63. The lowest BCUT2D eigenvalue weighted by molar-refractivity contribution is -0.143. The Balaban J connectivity index is 1.67. The molecule has 0 aliphatic rings. The number of hydrogen-bond acceptors (Lipinski definition) is 7. The monoisotopic (exact) mass is 697 g/mol. The summed E-state index contributed by atoms with van der Waals surface area (Å²) in [7, 11) is 0. The Hall–Kier alpha value is -3.70. The van der Waals surface area contributed by atoms with Gasteiger partial charge in [0.1, 0.15) is 5.60 Å². The summed E-state index contributed by atoms with van der Waals surface area (Å²) >= 11 is -1.95. The molecule has 3 N–H and O–H groups in total. The molecule has 47 heavy (non-hydrogen) atoms. The third kappa shape index (κ3) is 15.2. The van der Waals surface area contributed by atoms with Crippen molar-refractivity contribution in [1.82, 2.24) is 16.0 Å². The minimum Gasteiger partial charge on any atom is -0.444 e. The van der Waals surface area contributed by atoms with Gasteiger partial charge in [-0.2, -0.15) is 26.3 Å². The molecule has 0 saturated carbocycles. The van der Waals surface area contributed by atoms with Crippen LogP contribution in [0.4, 0.5) is 31.1 Å².